The minimum Gasteiger partial charge on any atom is -0.454 e. The van der Waals surface area contributed by atoms with E-state index in [1.807, 2.05) is 36.4 Å². The predicted octanol–water partition coefficient (Wildman–Crippen LogP) is 7.87. The van der Waals surface area contributed by atoms with Crippen molar-refractivity contribution in [2.24, 2.45) is 0 Å². The number of rotatable bonds is 10. The van der Waals surface area contributed by atoms with Gasteiger partial charge >= 0.3 is 0 Å². The molecule has 0 spiro atoms. The van der Waals surface area contributed by atoms with Crippen LogP contribution in [-0.2, 0) is 18.3 Å². The largest absolute Gasteiger partial charge is 0.454 e. The molecule has 0 saturated carbocycles. The molecular formula is C29H31FO. The lowest BCUT2D eigenvalue weighted by Crippen LogP contribution is -2.19. The van der Waals surface area contributed by atoms with Crippen LogP contribution in [0.25, 0.3) is 0 Å². The van der Waals surface area contributed by atoms with Crippen molar-refractivity contribution in [1.29, 1.82) is 0 Å². The molecule has 0 amide bonds. The SMILES string of the molecule is C#CC(C)(CCCc1ccc(F)c(Oc2ccccc2)c1)c1ccc(CCCC)cc1. The predicted molar refractivity (Wildman–Crippen MR) is 127 cm³/mol. The van der Waals surface area contributed by atoms with E-state index in [-0.39, 0.29) is 17.0 Å². The fourth-order valence-corrected chi connectivity index (χ4v) is 3.76. The summed E-state index contributed by atoms with van der Waals surface area (Å²) in [4.78, 5) is 0. The Hall–Kier alpha value is -3.05. The van der Waals surface area contributed by atoms with Gasteiger partial charge in [-0.2, -0.15) is 0 Å². The Morgan fingerprint density at radius 2 is 1.58 bits per heavy atom. The molecule has 1 unspecified atom stereocenters. The molecule has 1 nitrogen and oxygen atoms in total. The summed E-state index contributed by atoms with van der Waals surface area (Å²) < 4.78 is 19.9. The van der Waals surface area contributed by atoms with Crippen molar-refractivity contribution < 1.29 is 9.13 Å². The lowest BCUT2D eigenvalue weighted by atomic mass is 9.78. The van der Waals surface area contributed by atoms with Gasteiger partial charge in [-0.15, -0.1) is 6.42 Å². The minimum absolute atomic E-state index is 0.256. The highest BCUT2D eigenvalue weighted by Crippen LogP contribution is 2.31. The molecule has 0 saturated heterocycles. The molecule has 3 aromatic rings. The average molecular weight is 415 g/mol. The van der Waals surface area contributed by atoms with Crippen molar-refractivity contribution >= 4 is 0 Å². The fraction of sp³-hybridized carbons (Fsp3) is 0.310. The first-order valence-corrected chi connectivity index (χ1v) is 11.1. The molecule has 3 rings (SSSR count). The lowest BCUT2D eigenvalue weighted by Gasteiger charge is -2.24. The Morgan fingerprint density at radius 3 is 2.26 bits per heavy atom. The fourth-order valence-electron chi connectivity index (χ4n) is 3.76. The zero-order valence-corrected chi connectivity index (χ0v) is 18.5. The molecule has 1 atom stereocenters. The van der Waals surface area contributed by atoms with E-state index in [4.69, 9.17) is 11.2 Å². The number of hydrogen-bond donors (Lipinski definition) is 0. The average Bonchev–Trinajstić information content (AvgIpc) is 2.80. The van der Waals surface area contributed by atoms with Gasteiger partial charge < -0.3 is 4.74 Å². The van der Waals surface area contributed by atoms with Crippen LogP contribution >= 0.6 is 0 Å². The minimum atomic E-state index is -0.357. The van der Waals surface area contributed by atoms with Crippen molar-refractivity contribution in [2.45, 2.75) is 57.8 Å². The van der Waals surface area contributed by atoms with Crippen LogP contribution in [0.15, 0.2) is 72.8 Å². The molecule has 0 N–H and O–H groups in total. The third-order valence-electron chi connectivity index (χ3n) is 5.84. The number of ether oxygens (including phenoxy) is 1. The lowest BCUT2D eigenvalue weighted by molar-refractivity contribution is 0.441. The summed E-state index contributed by atoms with van der Waals surface area (Å²) in [5, 5.41) is 0. The molecular weight excluding hydrogens is 383 g/mol. The molecule has 0 aromatic heterocycles. The Kier molecular flexibility index (Phi) is 7.90. The van der Waals surface area contributed by atoms with E-state index in [9.17, 15) is 4.39 Å². The van der Waals surface area contributed by atoms with Crippen LogP contribution in [0.5, 0.6) is 11.5 Å². The Morgan fingerprint density at radius 1 is 0.903 bits per heavy atom. The van der Waals surface area contributed by atoms with Crippen molar-refractivity contribution in [2.75, 3.05) is 0 Å². The summed E-state index contributed by atoms with van der Waals surface area (Å²) in [5.41, 5.74) is 3.28. The first kappa shape index (κ1) is 22.6. The summed E-state index contributed by atoms with van der Waals surface area (Å²) in [6.07, 6.45) is 12.1. The van der Waals surface area contributed by atoms with E-state index in [1.165, 1.54) is 30.0 Å². The van der Waals surface area contributed by atoms with Crippen molar-refractivity contribution in [3.05, 3.63) is 95.3 Å². The van der Waals surface area contributed by atoms with Gasteiger partial charge in [-0.05, 0) is 80.0 Å². The van der Waals surface area contributed by atoms with E-state index in [0.717, 1.165) is 31.2 Å². The van der Waals surface area contributed by atoms with Gasteiger partial charge in [-0.1, -0.05) is 67.8 Å². The molecule has 31 heavy (non-hydrogen) atoms. The van der Waals surface area contributed by atoms with Crippen LogP contribution < -0.4 is 4.74 Å². The standard InChI is InChI=1S/C29H31FO/c1-4-6-11-23-15-18-25(19-16-23)29(3,5-2)21-10-12-24-17-20-27(30)28(22-24)31-26-13-8-7-9-14-26/h2,7-9,13-20,22H,4,6,10-12,21H2,1,3H3. The number of terminal acetylenes is 1. The molecule has 0 heterocycles. The summed E-state index contributed by atoms with van der Waals surface area (Å²) in [7, 11) is 0. The van der Waals surface area contributed by atoms with Gasteiger partial charge in [0, 0.05) is 0 Å². The van der Waals surface area contributed by atoms with Gasteiger partial charge in [0.05, 0.1) is 5.41 Å². The Balaban J connectivity index is 1.62. The second kappa shape index (κ2) is 10.8. The maximum atomic E-state index is 14.2. The number of benzene rings is 3. The monoisotopic (exact) mass is 414 g/mol. The third-order valence-corrected chi connectivity index (χ3v) is 5.84. The van der Waals surface area contributed by atoms with Gasteiger partial charge in [-0.25, -0.2) is 4.39 Å². The van der Waals surface area contributed by atoms with E-state index in [1.54, 1.807) is 6.07 Å². The molecule has 2 heteroatoms. The number of halogens is 1. The maximum Gasteiger partial charge on any atom is 0.165 e. The molecule has 0 aliphatic heterocycles. The summed E-state index contributed by atoms with van der Waals surface area (Å²) in [6, 6.07) is 23.1. The van der Waals surface area contributed by atoms with Crippen molar-refractivity contribution in [3.63, 3.8) is 0 Å². The highest BCUT2D eigenvalue weighted by atomic mass is 19.1. The number of unbranched alkanes of at least 4 members (excludes halogenated alkanes) is 1. The van der Waals surface area contributed by atoms with E-state index < -0.39 is 0 Å². The molecule has 0 aliphatic rings. The Bertz CT molecular complexity index is 1000. The van der Waals surface area contributed by atoms with Crippen LogP contribution in [0.4, 0.5) is 4.39 Å². The highest BCUT2D eigenvalue weighted by molar-refractivity contribution is 5.37. The molecule has 0 fully saturated rings. The van der Waals surface area contributed by atoms with Gasteiger partial charge in [0.1, 0.15) is 5.75 Å². The van der Waals surface area contributed by atoms with Crippen molar-refractivity contribution in [1.82, 2.24) is 0 Å². The quantitative estimate of drug-likeness (QED) is 0.307. The molecule has 0 aliphatic carbocycles. The zero-order valence-electron chi connectivity index (χ0n) is 18.5. The number of hydrogen-bond acceptors (Lipinski definition) is 1. The van der Waals surface area contributed by atoms with Crippen LogP contribution in [0, 0.1) is 18.2 Å². The van der Waals surface area contributed by atoms with Gasteiger partial charge in [0.2, 0.25) is 0 Å². The normalized spacial score (nSPS) is 12.7. The molecule has 160 valence electrons. The smallest absolute Gasteiger partial charge is 0.165 e. The second-order valence-corrected chi connectivity index (χ2v) is 8.31. The second-order valence-electron chi connectivity index (χ2n) is 8.31. The van der Waals surface area contributed by atoms with E-state index in [2.05, 4.69) is 44.0 Å². The number of para-hydroxylation sites is 1. The highest BCUT2D eigenvalue weighted by Gasteiger charge is 2.23. The zero-order chi connectivity index (χ0) is 22.1. The van der Waals surface area contributed by atoms with E-state index in [0.29, 0.717) is 5.75 Å². The summed E-state index contributed by atoms with van der Waals surface area (Å²) in [5.74, 6) is 3.54. The molecule has 0 bridgehead atoms. The van der Waals surface area contributed by atoms with Gasteiger partial charge in [0.15, 0.2) is 11.6 Å². The molecule has 3 aromatic carbocycles. The van der Waals surface area contributed by atoms with Crippen molar-refractivity contribution in [3.8, 4) is 23.8 Å². The van der Waals surface area contributed by atoms with Crippen LogP contribution in [-0.4, -0.2) is 0 Å². The van der Waals surface area contributed by atoms with Crippen LogP contribution in [0.2, 0.25) is 0 Å². The number of aryl methyl sites for hydroxylation is 2. The maximum absolute atomic E-state index is 14.2. The van der Waals surface area contributed by atoms with Crippen LogP contribution in [0.3, 0.4) is 0 Å². The molecule has 0 radical (unpaired) electrons. The first-order valence-electron chi connectivity index (χ1n) is 11.1. The summed E-state index contributed by atoms with van der Waals surface area (Å²) >= 11 is 0. The Labute approximate surface area is 186 Å². The van der Waals surface area contributed by atoms with Gasteiger partial charge in [-0.3, -0.25) is 0 Å². The topological polar surface area (TPSA) is 9.23 Å². The third kappa shape index (κ3) is 6.22. The van der Waals surface area contributed by atoms with Gasteiger partial charge in [0.25, 0.3) is 0 Å². The van der Waals surface area contributed by atoms with Crippen LogP contribution in [0.1, 0.15) is 56.2 Å². The summed E-state index contributed by atoms with van der Waals surface area (Å²) in [6.45, 7) is 4.34. The van der Waals surface area contributed by atoms with E-state index >= 15 is 0 Å². The first-order chi connectivity index (χ1) is 15.0.